The number of amides is 1. The van der Waals surface area contributed by atoms with Crippen LogP contribution < -0.4 is 5.32 Å². The maximum absolute atomic E-state index is 12.4. The Bertz CT molecular complexity index is 700. The normalized spacial score (nSPS) is 10.2. The van der Waals surface area contributed by atoms with Crippen LogP contribution >= 0.6 is 0 Å². The van der Waals surface area contributed by atoms with E-state index in [4.69, 9.17) is 5.11 Å². The highest BCUT2D eigenvalue weighted by molar-refractivity contribution is 6.08. The van der Waals surface area contributed by atoms with Gasteiger partial charge in [0.25, 0.3) is 5.91 Å². The molecule has 1 aromatic heterocycles. The van der Waals surface area contributed by atoms with Gasteiger partial charge in [0.15, 0.2) is 5.69 Å². The first-order chi connectivity index (χ1) is 9.90. The SMILES string of the molecule is Cc1cc(C)c(C(=O)Nc2cccnc2C(=O)O)c(C)c1. The summed E-state index contributed by atoms with van der Waals surface area (Å²) in [6, 6.07) is 6.94. The number of aryl methyl sites for hydroxylation is 3. The van der Waals surface area contributed by atoms with Crippen molar-refractivity contribution in [3.8, 4) is 0 Å². The van der Waals surface area contributed by atoms with Gasteiger partial charge in [-0.15, -0.1) is 0 Å². The van der Waals surface area contributed by atoms with E-state index in [1.807, 2.05) is 32.9 Å². The summed E-state index contributed by atoms with van der Waals surface area (Å²) in [5, 5.41) is 11.7. The van der Waals surface area contributed by atoms with Gasteiger partial charge >= 0.3 is 5.97 Å². The molecule has 0 bridgehead atoms. The van der Waals surface area contributed by atoms with Crippen LogP contribution in [0.2, 0.25) is 0 Å². The zero-order chi connectivity index (χ0) is 15.6. The van der Waals surface area contributed by atoms with Crippen LogP contribution in [0, 0.1) is 20.8 Å². The Labute approximate surface area is 122 Å². The van der Waals surface area contributed by atoms with Gasteiger partial charge in [-0.05, 0) is 44.0 Å². The van der Waals surface area contributed by atoms with Crippen molar-refractivity contribution in [3.05, 3.63) is 58.4 Å². The summed E-state index contributed by atoms with van der Waals surface area (Å²) in [7, 11) is 0. The molecule has 0 aliphatic heterocycles. The molecule has 1 aromatic carbocycles. The van der Waals surface area contributed by atoms with E-state index in [0.29, 0.717) is 5.56 Å². The van der Waals surface area contributed by atoms with Crippen molar-refractivity contribution < 1.29 is 14.7 Å². The number of nitrogens with one attached hydrogen (secondary N) is 1. The van der Waals surface area contributed by atoms with Crippen molar-refractivity contribution in [2.75, 3.05) is 5.32 Å². The molecule has 5 nitrogen and oxygen atoms in total. The first-order valence-corrected chi connectivity index (χ1v) is 6.47. The predicted molar refractivity (Wildman–Crippen MR) is 79.8 cm³/mol. The molecule has 0 radical (unpaired) electrons. The second-order valence-electron chi connectivity index (χ2n) is 4.93. The summed E-state index contributed by atoms with van der Waals surface area (Å²) in [6.45, 7) is 5.68. The summed E-state index contributed by atoms with van der Waals surface area (Å²) in [6.07, 6.45) is 1.38. The van der Waals surface area contributed by atoms with Gasteiger partial charge in [0.2, 0.25) is 0 Å². The van der Waals surface area contributed by atoms with Crippen molar-refractivity contribution in [3.63, 3.8) is 0 Å². The predicted octanol–water partition coefficient (Wildman–Crippen LogP) is 2.96. The summed E-state index contributed by atoms with van der Waals surface area (Å²) >= 11 is 0. The molecule has 0 unspecified atom stereocenters. The Balaban J connectivity index is 2.38. The lowest BCUT2D eigenvalue weighted by Gasteiger charge is -2.12. The fraction of sp³-hybridized carbons (Fsp3) is 0.188. The van der Waals surface area contributed by atoms with Crippen LogP contribution in [0.1, 0.15) is 37.5 Å². The molecular weight excluding hydrogens is 268 g/mol. The van der Waals surface area contributed by atoms with Gasteiger partial charge in [-0.2, -0.15) is 0 Å². The van der Waals surface area contributed by atoms with E-state index in [-0.39, 0.29) is 17.3 Å². The maximum Gasteiger partial charge on any atom is 0.356 e. The largest absolute Gasteiger partial charge is 0.476 e. The highest BCUT2D eigenvalue weighted by Crippen LogP contribution is 2.19. The second kappa shape index (κ2) is 5.75. The standard InChI is InChI=1S/C16H16N2O3/c1-9-7-10(2)13(11(3)8-9)15(19)18-12-5-4-6-17-14(12)16(20)21/h4-8H,1-3H3,(H,18,19)(H,20,21). The summed E-state index contributed by atoms with van der Waals surface area (Å²) in [4.78, 5) is 27.3. The molecule has 0 aliphatic carbocycles. The van der Waals surface area contributed by atoms with Gasteiger partial charge < -0.3 is 10.4 Å². The zero-order valence-electron chi connectivity index (χ0n) is 12.1. The molecule has 21 heavy (non-hydrogen) atoms. The highest BCUT2D eigenvalue weighted by atomic mass is 16.4. The Hall–Kier alpha value is -2.69. The quantitative estimate of drug-likeness (QED) is 0.908. The number of rotatable bonds is 3. The van der Waals surface area contributed by atoms with Gasteiger partial charge in [-0.1, -0.05) is 17.7 Å². The van der Waals surface area contributed by atoms with E-state index in [2.05, 4.69) is 10.3 Å². The maximum atomic E-state index is 12.4. The summed E-state index contributed by atoms with van der Waals surface area (Å²) in [5.41, 5.74) is 3.36. The van der Waals surface area contributed by atoms with Gasteiger partial charge in [0.1, 0.15) is 0 Å². The van der Waals surface area contributed by atoms with E-state index in [1.54, 1.807) is 6.07 Å². The third kappa shape index (κ3) is 3.08. The molecule has 2 rings (SSSR count). The Morgan fingerprint density at radius 3 is 2.33 bits per heavy atom. The van der Waals surface area contributed by atoms with Crippen molar-refractivity contribution in [1.82, 2.24) is 4.98 Å². The third-order valence-electron chi connectivity index (χ3n) is 3.16. The fourth-order valence-corrected chi connectivity index (χ4v) is 2.40. The topological polar surface area (TPSA) is 79.3 Å². The fourth-order valence-electron chi connectivity index (χ4n) is 2.40. The molecule has 0 saturated carbocycles. The molecule has 108 valence electrons. The van der Waals surface area contributed by atoms with E-state index >= 15 is 0 Å². The van der Waals surface area contributed by atoms with Crippen LogP contribution in [0.15, 0.2) is 30.5 Å². The minimum atomic E-state index is -1.18. The zero-order valence-corrected chi connectivity index (χ0v) is 12.1. The van der Waals surface area contributed by atoms with E-state index in [0.717, 1.165) is 16.7 Å². The number of nitrogens with zero attached hydrogens (tertiary/aromatic N) is 1. The van der Waals surface area contributed by atoms with E-state index < -0.39 is 5.97 Å². The van der Waals surface area contributed by atoms with Gasteiger partial charge in [0.05, 0.1) is 5.69 Å². The molecule has 2 N–H and O–H groups in total. The number of hydrogen-bond acceptors (Lipinski definition) is 3. The molecule has 0 saturated heterocycles. The highest BCUT2D eigenvalue weighted by Gasteiger charge is 2.17. The Morgan fingerprint density at radius 2 is 1.76 bits per heavy atom. The molecule has 5 heteroatoms. The van der Waals surface area contributed by atoms with Gasteiger partial charge in [-0.25, -0.2) is 9.78 Å². The van der Waals surface area contributed by atoms with Crippen molar-refractivity contribution >= 4 is 17.6 Å². The number of carboxylic acids is 1. The van der Waals surface area contributed by atoms with E-state index in [1.165, 1.54) is 12.3 Å². The molecule has 0 atom stereocenters. The number of benzene rings is 1. The average Bonchev–Trinajstić information content (AvgIpc) is 2.37. The van der Waals surface area contributed by atoms with Gasteiger partial charge in [0, 0.05) is 11.8 Å². The summed E-state index contributed by atoms with van der Waals surface area (Å²) < 4.78 is 0. The monoisotopic (exact) mass is 284 g/mol. The number of pyridine rings is 1. The lowest BCUT2D eigenvalue weighted by atomic mass is 9.99. The Kier molecular flexibility index (Phi) is 4.03. The second-order valence-corrected chi connectivity index (χ2v) is 4.93. The van der Waals surface area contributed by atoms with Crippen molar-refractivity contribution in [2.45, 2.75) is 20.8 Å². The Morgan fingerprint density at radius 1 is 1.14 bits per heavy atom. The van der Waals surface area contributed by atoms with Gasteiger partial charge in [-0.3, -0.25) is 4.79 Å². The third-order valence-corrected chi connectivity index (χ3v) is 3.16. The molecule has 1 amide bonds. The van der Waals surface area contributed by atoms with Crippen LogP contribution in [-0.4, -0.2) is 22.0 Å². The minimum Gasteiger partial charge on any atom is -0.476 e. The molecule has 0 fully saturated rings. The number of aromatic carboxylic acids is 1. The minimum absolute atomic E-state index is 0.173. The molecule has 0 aliphatic rings. The summed E-state index contributed by atoms with van der Waals surface area (Å²) in [5.74, 6) is -1.51. The number of carboxylic acid groups (broad SMARTS) is 1. The van der Waals surface area contributed by atoms with Crippen molar-refractivity contribution in [2.24, 2.45) is 0 Å². The molecule has 1 heterocycles. The average molecular weight is 284 g/mol. The number of aromatic nitrogens is 1. The van der Waals surface area contributed by atoms with Crippen LogP contribution in [-0.2, 0) is 0 Å². The van der Waals surface area contributed by atoms with Crippen molar-refractivity contribution in [1.29, 1.82) is 0 Å². The lowest BCUT2D eigenvalue weighted by molar-refractivity contribution is 0.0692. The van der Waals surface area contributed by atoms with E-state index in [9.17, 15) is 9.59 Å². The number of hydrogen-bond donors (Lipinski definition) is 2. The first kappa shape index (κ1) is 14.7. The smallest absolute Gasteiger partial charge is 0.356 e. The van der Waals surface area contributed by atoms with Crippen LogP contribution in [0.3, 0.4) is 0 Å². The number of carbonyl (C=O) groups excluding carboxylic acids is 1. The van der Waals surface area contributed by atoms with Crippen LogP contribution in [0.5, 0.6) is 0 Å². The number of carbonyl (C=O) groups is 2. The molecule has 0 spiro atoms. The molecule has 2 aromatic rings. The van der Waals surface area contributed by atoms with Crippen LogP contribution in [0.25, 0.3) is 0 Å². The number of anilines is 1. The lowest BCUT2D eigenvalue weighted by Crippen LogP contribution is -2.18. The first-order valence-electron chi connectivity index (χ1n) is 6.47. The molecular formula is C16H16N2O3. The van der Waals surface area contributed by atoms with Crippen LogP contribution in [0.4, 0.5) is 5.69 Å².